The summed E-state index contributed by atoms with van der Waals surface area (Å²) in [6.07, 6.45) is 1.76. The number of benzene rings is 2. The number of hydrogen-bond acceptors (Lipinski definition) is 4. The molecule has 27 heavy (non-hydrogen) atoms. The Hall–Kier alpha value is -2.31. The van der Waals surface area contributed by atoms with Crippen molar-refractivity contribution < 1.29 is 18.0 Å². The van der Waals surface area contributed by atoms with E-state index in [1.807, 2.05) is 13.8 Å². The van der Waals surface area contributed by atoms with Gasteiger partial charge in [-0.25, -0.2) is 8.42 Å². The van der Waals surface area contributed by atoms with Crippen molar-refractivity contribution in [1.29, 1.82) is 0 Å². The van der Waals surface area contributed by atoms with Gasteiger partial charge < -0.3 is 0 Å². The van der Waals surface area contributed by atoms with E-state index in [4.69, 9.17) is 0 Å². The molecule has 1 aliphatic heterocycles. The average Bonchev–Trinajstić information content (AvgIpc) is 2.67. The fraction of sp³-hybridized carbons (Fsp3) is 0.333. The Kier molecular flexibility index (Phi) is 4.28. The fourth-order valence-electron chi connectivity index (χ4n) is 4.09. The number of carbonyl (C=O) groups excluding carboxylic acids is 2. The third kappa shape index (κ3) is 2.66. The summed E-state index contributed by atoms with van der Waals surface area (Å²) in [7, 11) is -3.88. The summed E-state index contributed by atoms with van der Waals surface area (Å²) in [4.78, 5) is 25.9. The molecule has 1 aliphatic carbocycles. The van der Waals surface area contributed by atoms with Gasteiger partial charge in [0, 0.05) is 29.3 Å². The van der Waals surface area contributed by atoms with Crippen molar-refractivity contribution in [1.82, 2.24) is 4.31 Å². The first-order valence-electron chi connectivity index (χ1n) is 9.17. The number of ketones is 2. The second kappa shape index (κ2) is 6.39. The summed E-state index contributed by atoms with van der Waals surface area (Å²) >= 11 is 0. The second-order valence-corrected chi connectivity index (χ2v) is 9.22. The SMILES string of the molecule is CC1CCCN(S(=O)(=O)c2cccc3c2C(=O)c2ccccc2C3=O)C1C. The maximum atomic E-state index is 13.4. The fourth-order valence-corrected chi connectivity index (χ4v) is 6.07. The van der Waals surface area contributed by atoms with Crippen LogP contribution in [0, 0.1) is 5.92 Å². The van der Waals surface area contributed by atoms with Gasteiger partial charge in [0.15, 0.2) is 11.6 Å². The summed E-state index contributed by atoms with van der Waals surface area (Å²) in [5.74, 6) is -0.472. The molecule has 2 unspecified atom stereocenters. The number of rotatable bonds is 2. The maximum absolute atomic E-state index is 13.4. The van der Waals surface area contributed by atoms with Crippen LogP contribution in [-0.4, -0.2) is 36.9 Å². The third-order valence-electron chi connectivity index (χ3n) is 5.82. The van der Waals surface area contributed by atoms with E-state index in [1.54, 1.807) is 30.3 Å². The molecule has 2 aromatic rings. The van der Waals surface area contributed by atoms with Gasteiger partial charge in [0.25, 0.3) is 0 Å². The average molecular weight is 383 g/mol. The summed E-state index contributed by atoms with van der Waals surface area (Å²) in [5.41, 5.74) is 0.756. The molecule has 0 bridgehead atoms. The largest absolute Gasteiger partial charge is 0.289 e. The van der Waals surface area contributed by atoms with Crippen molar-refractivity contribution in [2.75, 3.05) is 6.54 Å². The predicted molar refractivity (Wildman–Crippen MR) is 102 cm³/mol. The molecule has 0 radical (unpaired) electrons. The third-order valence-corrected chi connectivity index (χ3v) is 7.85. The monoisotopic (exact) mass is 383 g/mol. The Morgan fingerprint density at radius 3 is 2.22 bits per heavy atom. The van der Waals surface area contributed by atoms with Gasteiger partial charge in [0.1, 0.15) is 0 Å². The first kappa shape index (κ1) is 18.1. The van der Waals surface area contributed by atoms with Gasteiger partial charge in [-0.3, -0.25) is 9.59 Å². The predicted octanol–water partition coefficient (Wildman–Crippen LogP) is 3.27. The summed E-state index contributed by atoms with van der Waals surface area (Å²) in [6, 6.07) is 10.9. The zero-order chi connectivity index (χ0) is 19.3. The highest BCUT2D eigenvalue weighted by Crippen LogP contribution is 2.35. The Bertz CT molecular complexity index is 1060. The van der Waals surface area contributed by atoms with Crippen LogP contribution in [0.1, 0.15) is 58.5 Å². The minimum absolute atomic E-state index is 0.00614. The standard InChI is InChI=1S/C21H21NO4S/c1-13-7-6-12-22(14(13)2)27(25,26)18-11-5-10-17-19(18)21(24)16-9-4-3-8-15(16)20(17)23/h3-5,8-11,13-14H,6-7,12H2,1-2H3. The molecule has 140 valence electrons. The Morgan fingerprint density at radius 2 is 1.52 bits per heavy atom. The minimum atomic E-state index is -3.88. The van der Waals surface area contributed by atoms with Crippen LogP contribution in [0.25, 0.3) is 0 Å². The number of carbonyl (C=O) groups is 2. The maximum Gasteiger partial charge on any atom is 0.244 e. The van der Waals surface area contributed by atoms with Crippen molar-refractivity contribution >= 4 is 21.6 Å². The highest BCUT2D eigenvalue weighted by Gasteiger charge is 2.40. The zero-order valence-corrected chi connectivity index (χ0v) is 16.1. The molecule has 6 heteroatoms. The van der Waals surface area contributed by atoms with Gasteiger partial charge >= 0.3 is 0 Å². The number of sulfonamides is 1. The first-order valence-corrected chi connectivity index (χ1v) is 10.6. The van der Waals surface area contributed by atoms with Crippen LogP contribution in [0.5, 0.6) is 0 Å². The van der Waals surface area contributed by atoms with Crippen LogP contribution in [0.15, 0.2) is 47.4 Å². The van der Waals surface area contributed by atoms with E-state index >= 15 is 0 Å². The molecule has 0 spiro atoms. The van der Waals surface area contributed by atoms with E-state index in [0.29, 0.717) is 12.1 Å². The summed E-state index contributed by atoms with van der Waals surface area (Å²) in [6.45, 7) is 4.37. The second-order valence-electron chi connectivity index (χ2n) is 7.36. The lowest BCUT2D eigenvalue weighted by molar-refractivity contribution is 0.0976. The lowest BCUT2D eigenvalue weighted by Crippen LogP contribution is -2.46. The molecule has 4 rings (SSSR count). The quantitative estimate of drug-likeness (QED) is 0.681. The van der Waals surface area contributed by atoms with Crippen molar-refractivity contribution in [3.05, 3.63) is 64.7 Å². The van der Waals surface area contributed by atoms with Crippen LogP contribution in [0.4, 0.5) is 0 Å². The molecule has 0 amide bonds. The van der Waals surface area contributed by atoms with Crippen LogP contribution < -0.4 is 0 Å². The van der Waals surface area contributed by atoms with Crippen molar-refractivity contribution in [2.24, 2.45) is 5.92 Å². The molecule has 2 atom stereocenters. The molecule has 1 saturated heterocycles. The number of hydrogen-bond donors (Lipinski definition) is 0. The van der Waals surface area contributed by atoms with E-state index in [1.165, 1.54) is 16.4 Å². The van der Waals surface area contributed by atoms with Gasteiger partial charge in [-0.05, 0) is 31.7 Å². The molecule has 1 heterocycles. The Balaban J connectivity index is 1.90. The van der Waals surface area contributed by atoms with E-state index in [2.05, 4.69) is 0 Å². The molecular weight excluding hydrogens is 362 g/mol. The molecule has 0 N–H and O–H groups in total. The van der Waals surface area contributed by atoms with E-state index < -0.39 is 15.8 Å². The first-order chi connectivity index (χ1) is 12.8. The van der Waals surface area contributed by atoms with Gasteiger partial charge in [-0.1, -0.05) is 43.3 Å². The summed E-state index contributed by atoms with van der Waals surface area (Å²) < 4.78 is 28.4. The van der Waals surface area contributed by atoms with Crippen LogP contribution in [0.2, 0.25) is 0 Å². The highest BCUT2D eigenvalue weighted by molar-refractivity contribution is 7.89. The Morgan fingerprint density at radius 1 is 0.889 bits per heavy atom. The van der Waals surface area contributed by atoms with Crippen molar-refractivity contribution in [3.8, 4) is 0 Å². The van der Waals surface area contributed by atoms with Crippen LogP contribution in [-0.2, 0) is 10.0 Å². The molecule has 1 fully saturated rings. The lowest BCUT2D eigenvalue weighted by atomic mass is 9.84. The molecule has 2 aliphatic rings. The number of piperidine rings is 1. The van der Waals surface area contributed by atoms with Gasteiger partial charge in [0.05, 0.1) is 10.5 Å². The molecule has 0 aromatic heterocycles. The molecule has 2 aromatic carbocycles. The lowest BCUT2D eigenvalue weighted by Gasteiger charge is -2.37. The molecular formula is C21H21NO4S. The number of fused-ring (bicyclic) bond motifs is 2. The number of nitrogens with zero attached hydrogens (tertiary/aromatic N) is 1. The van der Waals surface area contributed by atoms with E-state index in [-0.39, 0.29) is 39.3 Å². The zero-order valence-electron chi connectivity index (χ0n) is 15.3. The topological polar surface area (TPSA) is 71.5 Å². The Labute approximate surface area is 159 Å². The summed E-state index contributed by atoms with van der Waals surface area (Å²) in [5, 5.41) is 0. The van der Waals surface area contributed by atoms with Crippen LogP contribution in [0.3, 0.4) is 0 Å². The van der Waals surface area contributed by atoms with Gasteiger partial charge in [0.2, 0.25) is 10.0 Å². The molecule has 5 nitrogen and oxygen atoms in total. The minimum Gasteiger partial charge on any atom is -0.289 e. The van der Waals surface area contributed by atoms with Crippen molar-refractivity contribution in [2.45, 2.75) is 37.6 Å². The van der Waals surface area contributed by atoms with Gasteiger partial charge in [-0.2, -0.15) is 4.31 Å². The van der Waals surface area contributed by atoms with E-state index in [9.17, 15) is 18.0 Å². The normalized spacial score (nSPS) is 23.0. The van der Waals surface area contributed by atoms with E-state index in [0.717, 1.165) is 12.8 Å². The van der Waals surface area contributed by atoms with Gasteiger partial charge in [-0.15, -0.1) is 0 Å². The highest BCUT2D eigenvalue weighted by atomic mass is 32.2. The molecule has 0 saturated carbocycles. The van der Waals surface area contributed by atoms with Crippen molar-refractivity contribution in [3.63, 3.8) is 0 Å². The smallest absolute Gasteiger partial charge is 0.244 e. The van der Waals surface area contributed by atoms with Crippen LogP contribution >= 0.6 is 0 Å².